The van der Waals surface area contributed by atoms with Crippen molar-refractivity contribution >= 4 is 11.7 Å². The predicted octanol–water partition coefficient (Wildman–Crippen LogP) is 4.19. The fourth-order valence-corrected chi connectivity index (χ4v) is 2.61. The van der Waals surface area contributed by atoms with Gasteiger partial charge in [0.05, 0.1) is 13.7 Å². The second-order valence-corrected chi connectivity index (χ2v) is 7.09. The Hall–Kier alpha value is -3.55. The molecule has 0 radical (unpaired) electrons. The highest BCUT2D eigenvalue weighted by atomic mass is 16.6. The van der Waals surface area contributed by atoms with Crippen LogP contribution < -0.4 is 19.5 Å². The van der Waals surface area contributed by atoms with E-state index < -0.39 is 12.0 Å². The number of carbonyl (C=O) groups excluding carboxylic acids is 1. The molecule has 3 rings (SSSR count). The van der Waals surface area contributed by atoms with Gasteiger partial charge in [0.25, 0.3) is 5.91 Å². The lowest BCUT2D eigenvalue weighted by Gasteiger charge is -2.16. The van der Waals surface area contributed by atoms with Crippen molar-refractivity contribution in [1.82, 2.24) is 10.3 Å². The first-order chi connectivity index (χ1) is 14.5. The maximum atomic E-state index is 12.6. The van der Waals surface area contributed by atoms with Crippen LogP contribution in [0.25, 0.3) is 11.3 Å². The van der Waals surface area contributed by atoms with Crippen LogP contribution in [0.3, 0.4) is 0 Å². The summed E-state index contributed by atoms with van der Waals surface area (Å²) in [5.74, 6) is 2.03. The number of benzene rings is 2. The molecule has 2 aromatic carbocycles. The average molecular weight is 411 g/mol. The molecule has 1 heterocycles. The average Bonchev–Trinajstić information content (AvgIpc) is 3.21. The first kappa shape index (κ1) is 21.2. The van der Waals surface area contributed by atoms with Gasteiger partial charge in [-0.2, -0.15) is 0 Å². The Morgan fingerprint density at radius 2 is 1.73 bits per heavy atom. The van der Waals surface area contributed by atoms with Crippen molar-refractivity contribution in [3.05, 3.63) is 48.5 Å². The van der Waals surface area contributed by atoms with E-state index >= 15 is 0 Å². The van der Waals surface area contributed by atoms with E-state index in [0.717, 1.165) is 11.3 Å². The van der Waals surface area contributed by atoms with Crippen LogP contribution in [-0.2, 0) is 4.79 Å². The minimum Gasteiger partial charge on any atom is -0.493 e. The van der Waals surface area contributed by atoms with Crippen LogP contribution in [0.1, 0.15) is 20.8 Å². The number of nitrogens with zero attached hydrogens (tertiary/aromatic N) is 2. The third kappa shape index (κ3) is 5.28. The number of anilines is 1. The van der Waals surface area contributed by atoms with Gasteiger partial charge in [0.15, 0.2) is 23.3 Å². The Bertz CT molecular complexity index is 969. The normalized spacial score (nSPS) is 11.8. The second-order valence-electron chi connectivity index (χ2n) is 7.09. The molecule has 1 atom stereocenters. The van der Waals surface area contributed by atoms with Crippen LogP contribution in [0.5, 0.6) is 17.2 Å². The standard InChI is InChI=1S/C22H25N3O5/c1-14(2)13-28-17-11-9-16(10-12-17)20-21(25-30-24-20)23-22(26)15(3)29-19-8-6-5-7-18(19)27-4/h5-12,14-15H,13H2,1-4H3,(H,23,25,26). The summed E-state index contributed by atoms with van der Waals surface area (Å²) < 4.78 is 21.5. The Balaban J connectivity index is 1.67. The van der Waals surface area contributed by atoms with E-state index in [2.05, 4.69) is 29.5 Å². The quantitative estimate of drug-likeness (QED) is 0.564. The van der Waals surface area contributed by atoms with E-state index in [1.807, 2.05) is 30.3 Å². The van der Waals surface area contributed by atoms with Crippen molar-refractivity contribution in [2.24, 2.45) is 5.92 Å². The molecule has 0 saturated heterocycles. The van der Waals surface area contributed by atoms with Gasteiger partial charge in [-0.25, -0.2) is 4.63 Å². The van der Waals surface area contributed by atoms with Gasteiger partial charge in [0, 0.05) is 5.56 Å². The summed E-state index contributed by atoms with van der Waals surface area (Å²) in [5, 5.41) is 10.4. The zero-order valence-electron chi connectivity index (χ0n) is 17.4. The first-order valence-corrected chi connectivity index (χ1v) is 9.64. The van der Waals surface area contributed by atoms with Crippen LogP contribution in [0.2, 0.25) is 0 Å². The van der Waals surface area contributed by atoms with Gasteiger partial charge in [-0.1, -0.05) is 26.0 Å². The zero-order valence-corrected chi connectivity index (χ0v) is 17.4. The number of amides is 1. The Morgan fingerprint density at radius 1 is 1.03 bits per heavy atom. The summed E-state index contributed by atoms with van der Waals surface area (Å²) in [4.78, 5) is 12.6. The lowest BCUT2D eigenvalue weighted by molar-refractivity contribution is -0.122. The van der Waals surface area contributed by atoms with E-state index in [1.54, 1.807) is 32.2 Å². The highest BCUT2D eigenvalue weighted by Crippen LogP contribution is 2.28. The van der Waals surface area contributed by atoms with Gasteiger partial charge < -0.3 is 19.5 Å². The Morgan fingerprint density at radius 3 is 2.40 bits per heavy atom. The molecular weight excluding hydrogens is 386 g/mol. The van der Waals surface area contributed by atoms with E-state index in [9.17, 15) is 4.79 Å². The predicted molar refractivity (Wildman–Crippen MR) is 112 cm³/mol. The number of rotatable bonds is 9. The van der Waals surface area contributed by atoms with Crippen molar-refractivity contribution in [2.75, 3.05) is 19.0 Å². The third-order valence-corrected chi connectivity index (χ3v) is 4.18. The molecule has 30 heavy (non-hydrogen) atoms. The van der Waals surface area contributed by atoms with E-state index in [0.29, 0.717) is 29.7 Å². The van der Waals surface area contributed by atoms with E-state index in [4.69, 9.17) is 18.8 Å². The summed E-state index contributed by atoms with van der Waals surface area (Å²) in [5.41, 5.74) is 1.16. The van der Waals surface area contributed by atoms with Crippen LogP contribution in [0.15, 0.2) is 53.2 Å². The molecule has 1 unspecified atom stereocenters. The zero-order chi connectivity index (χ0) is 21.5. The highest BCUT2D eigenvalue weighted by Gasteiger charge is 2.21. The number of ether oxygens (including phenoxy) is 3. The summed E-state index contributed by atoms with van der Waals surface area (Å²) in [7, 11) is 1.54. The minimum atomic E-state index is -0.794. The molecule has 0 aliphatic rings. The molecule has 0 aliphatic heterocycles. The lowest BCUT2D eigenvalue weighted by Crippen LogP contribution is -2.30. The molecule has 0 aliphatic carbocycles. The van der Waals surface area contributed by atoms with Gasteiger partial charge >= 0.3 is 0 Å². The summed E-state index contributed by atoms with van der Waals surface area (Å²) >= 11 is 0. The van der Waals surface area contributed by atoms with E-state index in [1.165, 1.54) is 0 Å². The van der Waals surface area contributed by atoms with Crippen LogP contribution >= 0.6 is 0 Å². The molecule has 3 aromatic rings. The number of hydrogen-bond acceptors (Lipinski definition) is 7. The van der Waals surface area contributed by atoms with E-state index in [-0.39, 0.29) is 5.82 Å². The Labute approximate surface area is 175 Å². The fourth-order valence-electron chi connectivity index (χ4n) is 2.61. The highest BCUT2D eigenvalue weighted by molar-refractivity contribution is 5.96. The molecule has 0 fully saturated rings. The first-order valence-electron chi connectivity index (χ1n) is 9.64. The Kier molecular flexibility index (Phi) is 6.90. The van der Waals surface area contributed by atoms with Crippen molar-refractivity contribution in [3.63, 3.8) is 0 Å². The molecule has 158 valence electrons. The minimum absolute atomic E-state index is 0.214. The fraction of sp³-hybridized carbons (Fsp3) is 0.318. The number of hydrogen-bond donors (Lipinski definition) is 1. The van der Waals surface area contributed by atoms with Crippen molar-refractivity contribution in [1.29, 1.82) is 0 Å². The molecule has 0 saturated carbocycles. The molecule has 8 heteroatoms. The smallest absolute Gasteiger partial charge is 0.266 e. The molecular formula is C22H25N3O5. The maximum Gasteiger partial charge on any atom is 0.266 e. The number of methoxy groups -OCH3 is 1. The van der Waals surface area contributed by atoms with Crippen LogP contribution in [0.4, 0.5) is 5.82 Å². The van der Waals surface area contributed by atoms with Gasteiger partial charge in [-0.15, -0.1) is 0 Å². The lowest BCUT2D eigenvalue weighted by atomic mass is 10.1. The largest absolute Gasteiger partial charge is 0.493 e. The number of aromatic nitrogens is 2. The molecule has 1 amide bonds. The SMILES string of the molecule is COc1ccccc1OC(C)C(=O)Nc1nonc1-c1ccc(OCC(C)C)cc1. The van der Waals surface area contributed by atoms with Crippen molar-refractivity contribution in [3.8, 4) is 28.5 Å². The maximum absolute atomic E-state index is 12.6. The second kappa shape index (κ2) is 9.78. The van der Waals surface area contributed by atoms with Crippen LogP contribution in [0, 0.1) is 5.92 Å². The summed E-state index contributed by atoms with van der Waals surface area (Å²) in [6.07, 6.45) is -0.794. The molecule has 0 bridgehead atoms. The van der Waals surface area contributed by atoms with Gasteiger partial charge in [0.1, 0.15) is 5.75 Å². The van der Waals surface area contributed by atoms with Crippen molar-refractivity contribution < 1.29 is 23.6 Å². The van der Waals surface area contributed by atoms with Crippen molar-refractivity contribution in [2.45, 2.75) is 26.9 Å². The third-order valence-electron chi connectivity index (χ3n) is 4.18. The van der Waals surface area contributed by atoms with Gasteiger partial charge in [-0.05, 0) is 59.6 Å². The number of para-hydroxylation sites is 2. The number of nitrogens with one attached hydrogen (secondary N) is 1. The molecule has 0 spiro atoms. The number of carbonyl (C=O) groups is 1. The van der Waals surface area contributed by atoms with Crippen LogP contribution in [-0.4, -0.2) is 36.0 Å². The summed E-state index contributed by atoms with van der Waals surface area (Å²) in [6, 6.07) is 14.5. The van der Waals surface area contributed by atoms with Gasteiger partial charge in [0.2, 0.25) is 5.82 Å². The molecule has 8 nitrogen and oxygen atoms in total. The summed E-state index contributed by atoms with van der Waals surface area (Å²) in [6.45, 7) is 6.44. The molecule has 1 aromatic heterocycles. The topological polar surface area (TPSA) is 95.7 Å². The molecule has 1 N–H and O–H groups in total. The van der Waals surface area contributed by atoms with Gasteiger partial charge in [-0.3, -0.25) is 4.79 Å². The monoisotopic (exact) mass is 411 g/mol.